The molecule has 4 aromatic rings. The number of hydrogen-bond donors (Lipinski definition) is 2. The van der Waals surface area contributed by atoms with Crippen molar-refractivity contribution in [1.29, 1.82) is 0 Å². The van der Waals surface area contributed by atoms with Gasteiger partial charge in [0.05, 0.1) is 25.5 Å². The number of thioether (sulfide) groups is 1. The smallest absolute Gasteiger partial charge is 0.277 e. The molecule has 0 aliphatic rings. The molecule has 8 nitrogen and oxygen atoms in total. The highest BCUT2D eigenvalue weighted by Gasteiger charge is 2.15. The van der Waals surface area contributed by atoms with Crippen LogP contribution in [0.15, 0.2) is 58.3 Å². The van der Waals surface area contributed by atoms with E-state index in [4.69, 9.17) is 13.9 Å². The minimum absolute atomic E-state index is 0.129. The number of rotatable bonds is 7. The number of carbonyl (C=O) groups excluding carboxylic acids is 1. The van der Waals surface area contributed by atoms with Crippen LogP contribution in [0.1, 0.15) is 0 Å². The van der Waals surface area contributed by atoms with E-state index in [1.54, 1.807) is 32.4 Å². The van der Waals surface area contributed by atoms with E-state index in [1.165, 1.54) is 11.8 Å². The molecule has 0 bridgehead atoms. The lowest BCUT2D eigenvalue weighted by molar-refractivity contribution is -0.113. The lowest BCUT2D eigenvalue weighted by Gasteiger charge is -2.10. The van der Waals surface area contributed by atoms with Gasteiger partial charge < -0.3 is 24.2 Å². The molecule has 0 aliphatic carbocycles. The Bertz CT molecular complexity index is 1150. The van der Waals surface area contributed by atoms with Crippen LogP contribution in [0.2, 0.25) is 0 Å². The summed E-state index contributed by atoms with van der Waals surface area (Å²) in [6, 6.07) is 13.0. The Kier molecular flexibility index (Phi) is 5.39. The van der Waals surface area contributed by atoms with Crippen LogP contribution in [0.5, 0.6) is 11.5 Å². The fourth-order valence-electron chi connectivity index (χ4n) is 2.86. The number of hydrogen-bond acceptors (Lipinski definition) is 7. The third kappa shape index (κ3) is 4.04. The van der Waals surface area contributed by atoms with Gasteiger partial charge in [0.25, 0.3) is 11.1 Å². The average molecular weight is 410 g/mol. The monoisotopic (exact) mass is 410 g/mol. The highest BCUT2D eigenvalue weighted by Crippen LogP contribution is 2.31. The van der Waals surface area contributed by atoms with Gasteiger partial charge in [0.2, 0.25) is 5.91 Å². The quantitative estimate of drug-likeness (QED) is 0.445. The van der Waals surface area contributed by atoms with Crippen LogP contribution in [-0.2, 0) is 4.79 Å². The number of aromatic nitrogens is 3. The Labute approximate surface area is 170 Å². The van der Waals surface area contributed by atoms with Crippen molar-refractivity contribution >= 4 is 34.3 Å². The summed E-state index contributed by atoms with van der Waals surface area (Å²) in [5.74, 6) is 1.47. The first-order chi connectivity index (χ1) is 14.2. The fraction of sp³-hybridized carbons (Fsp3) is 0.150. The molecule has 0 saturated carbocycles. The van der Waals surface area contributed by atoms with Crippen LogP contribution in [0.4, 0.5) is 5.69 Å². The number of nitrogens with zero attached hydrogens (tertiary/aromatic N) is 2. The zero-order chi connectivity index (χ0) is 20.2. The molecular weight excluding hydrogens is 392 g/mol. The normalized spacial score (nSPS) is 10.8. The van der Waals surface area contributed by atoms with Gasteiger partial charge in [-0.25, -0.2) is 0 Å². The van der Waals surface area contributed by atoms with Crippen LogP contribution in [0.25, 0.3) is 22.4 Å². The number of H-pyrrole nitrogens is 1. The summed E-state index contributed by atoms with van der Waals surface area (Å²) in [6.45, 7) is 0. The Balaban J connectivity index is 1.39. The molecule has 4 rings (SSSR count). The van der Waals surface area contributed by atoms with Gasteiger partial charge in [0, 0.05) is 28.9 Å². The summed E-state index contributed by atoms with van der Waals surface area (Å²) >= 11 is 1.17. The summed E-state index contributed by atoms with van der Waals surface area (Å²) in [4.78, 5) is 15.4. The van der Waals surface area contributed by atoms with Crippen molar-refractivity contribution in [2.75, 3.05) is 25.3 Å². The number of aromatic amines is 1. The molecule has 0 unspecified atom stereocenters. The zero-order valence-electron chi connectivity index (χ0n) is 15.8. The standard InChI is InChI=1S/C20H18N4O4S/c1-26-16-8-7-12(9-17(16)27-2)22-18(25)11-29-20-24-23-19(28-20)14-10-21-15-6-4-3-5-13(14)15/h3-10,21H,11H2,1-2H3,(H,22,25). The van der Waals surface area contributed by atoms with Gasteiger partial charge in [-0.1, -0.05) is 30.0 Å². The van der Waals surface area contributed by atoms with E-state index in [2.05, 4.69) is 20.5 Å². The molecule has 0 aliphatic heterocycles. The Hall–Kier alpha value is -3.46. The predicted molar refractivity (Wildman–Crippen MR) is 110 cm³/mol. The van der Waals surface area contributed by atoms with Gasteiger partial charge >= 0.3 is 0 Å². The molecule has 0 radical (unpaired) electrons. The summed E-state index contributed by atoms with van der Waals surface area (Å²) in [6.07, 6.45) is 1.83. The molecule has 0 fully saturated rings. The highest BCUT2D eigenvalue weighted by molar-refractivity contribution is 7.99. The topological polar surface area (TPSA) is 102 Å². The molecule has 0 saturated heterocycles. The molecular formula is C20H18N4O4S. The molecule has 2 N–H and O–H groups in total. The summed E-state index contributed by atoms with van der Waals surface area (Å²) in [5.41, 5.74) is 2.43. The van der Waals surface area contributed by atoms with E-state index in [1.807, 2.05) is 30.5 Å². The minimum atomic E-state index is -0.200. The number of nitrogens with one attached hydrogen (secondary N) is 2. The number of methoxy groups -OCH3 is 2. The first-order valence-corrected chi connectivity index (χ1v) is 9.71. The summed E-state index contributed by atoms with van der Waals surface area (Å²) < 4.78 is 16.1. The predicted octanol–water partition coefficient (Wildman–Crippen LogP) is 3.97. The molecule has 2 heterocycles. The number of fused-ring (bicyclic) bond motifs is 1. The number of benzene rings is 2. The second kappa shape index (κ2) is 8.27. The maximum absolute atomic E-state index is 12.3. The maximum Gasteiger partial charge on any atom is 0.277 e. The van der Waals surface area contributed by atoms with Gasteiger partial charge in [-0.2, -0.15) is 0 Å². The lowest BCUT2D eigenvalue weighted by atomic mass is 10.2. The molecule has 1 amide bonds. The van der Waals surface area contributed by atoms with Crippen molar-refractivity contribution in [2.24, 2.45) is 0 Å². The van der Waals surface area contributed by atoms with Crippen molar-refractivity contribution in [3.05, 3.63) is 48.7 Å². The number of anilines is 1. The van der Waals surface area contributed by atoms with Crippen LogP contribution < -0.4 is 14.8 Å². The van der Waals surface area contributed by atoms with E-state index >= 15 is 0 Å². The van der Waals surface area contributed by atoms with Crippen LogP contribution >= 0.6 is 11.8 Å². The first-order valence-electron chi connectivity index (χ1n) is 8.72. The summed E-state index contributed by atoms with van der Waals surface area (Å²) in [7, 11) is 3.10. The van der Waals surface area contributed by atoms with Crippen molar-refractivity contribution in [3.8, 4) is 23.0 Å². The highest BCUT2D eigenvalue weighted by atomic mass is 32.2. The van der Waals surface area contributed by atoms with E-state index in [9.17, 15) is 4.79 Å². The first kappa shape index (κ1) is 18.9. The number of carbonyl (C=O) groups is 1. The largest absolute Gasteiger partial charge is 0.493 e. The molecule has 0 spiro atoms. The van der Waals surface area contributed by atoms with Gasteiger partial charge in [-0.15, -0.1) is 10.2 Å². The van der Waals surface area contributed by atoms with E-state index in [0.717, 1.165) is 16.5 Å². The maximum atomic E-state index is 12.3. The van der Waals surface area contributed by atoms with Gasteiger partial charge in [0.1, 0.15) is 0 Å². The second-order valence-electron chi connectivity index (χ2n) is 6.03. The fourth-order valence-corrected chi connectivity index (χ4v) is 3.43. The number of para-hydroxylation sites is 1. The lowest BCUT2D eigenvalue weighted by Crippen LogP contribution is -2.14. The number of ether oxygens (including phenoxy) is 2. The van der Waals surface area contributed by atoms with Crippen molar-refractivity contribution < 1.29 is 18.7 Å². The minimum Gasteiger partial charge on any atom is -0.493 e. The summed E-state index contributed by atoms with van der Waals surface area (Å²) in [5, 5.41) is 12.2. The van der Waals surface area contributed by atoms with Crippen molar-refractivity contribution in [3.63, 3.8) is 0 Å². The van der Waals surface area contributed by atoms with E-state index < -0.39 is 0 Å². The molecule has 2 aromatic carbocycles. The zero-order valence-corrected chi connectivity index (χ0v) is 16.6. The molecule has 0 atom stereocenters. The second-order valence-corrected chi connectivity index (χ2v) is 6.95. The Morgan fingerprint density at radius 2 is 1.97 bits per heavy atom. The van der Waals surface area contributed by atoms with Crippen LogP contribution in [0, 0.1) is 0 Å². The van der Waals surface area contributed by atoms with E-state index in [-0.39, 0.29) is 11.7 Å². The Morgan fingerprint density at radius 3 is 2.79 bits per heavy atom. The molecule has 148 valence electrons. The third-order valence-corrected chi connectivity index (χ3v) is 5.04. The molecule has 9 heteroatoms. The van der Waals surface area contributed by atoms with Gasteiger partial charge in [-0.05, 0) is 18.2 Å². The SMILES string of the molecule is COc1ccc(NC(=O)CSc2nnc(-c3c[nH]c4ccccc34)o2)cc1OC. The third-order valence-electron chi connectivity index (χ3n) is 4.22. The average Bonchev–Trinajstić information content (AvgIpc) is 3.39. The number of amides is 1. The van der Waals surface area contributed by atoms with Gasteiger partial charge in [0.15, 0.2) is 11.5 Å². The van der Waals surface area contributed by atoms with Crippen molar-refractivity contribution in [1.82, 2.24) is 15.2 Å². The van der Waals surface area contributed by atoms with Gasteiger partial charge in [-0.3, -0.25) is 4.79 Å². The van der Waals surface area contributed by atoms with Crippen molar-refractivity contribution in [2.45, 2.75) is 5.22 Å². The Morgan fingerprint density at radius 1 is 1.14 bits per heavy atom. The van der Waals surface area contributed by atoms with Crippen LogP contribution in [0.3, 0.4) is 0 Å². The van der Waals surface area contributed by atoms with Crippen LogP contribution in [-0.4, -0.2) is 41.1 Å². The molecule has 2 aromatic heterocycles. The molecule has 29 heavy (non-hydrogen) atoms. The van der Waals surface area contributed by atoms with E-state index in [0.29, 0.717) is 28.3 Å².